The van der Waals surface area contributed by atoms with Gasteiger partial charge in [0, 0.05) is 0 Å². The number of fused-ring (bicyclic) bond motifs is 1. The van der Waals surface area contributed by atoms with E-state index in [-0.39, 0.29) is 5.75 Å². The van der Waals surface area contributed by atoms with Crippen LogP contribution in [0.25, 0.3) is 21.9 Å². The number of allylic oxidation sites excluding steroid dienone is 1. The second kappa shape index (κ2) is 7.65. The summed E-state index contributed by atoms with van der Waals surface area (Å²) in [5.41, 5.74) is 3.43. The normalized spacial score (nSPS) is 11.5. The zero-order valence-corrected chi connectivity index (χ0v) is 14.2. The lowest BCUT2D eigenvalue weighted by molar-refractivity contribution is -0.153. The third-order valence-corrected chi connectivity index (χ3v) is 4.14. The van der Waals surface area contributed by atoms with E-state index in [2.05, 4.69) is 30.8 Å². The fourth-order valence-electron chi connectivity index (χ4n) is 2.79. The van der Waals surface area contributed by atoms with Crippen LogP contribution in [0.2, 0.25) is 0 Å². The van der Waals surface area contributed by atoms with Crippen LogP contribution in [0.15, 0.2) is 73.3 Å². The Balaban J connectivity index is 1.79. The molecule has 3 aromatic carbocycles. The highest BCUT2D eigenvalue weighted by molar-refractivity contribution is 5.88. The Morgan fingerprint density at radius 3 is 2.19 bits per heavy atom. The molecule has 0 atom stereocenters. The molecule has 0 bridgehead atoms. The van der Waals surface area contributed by atoms with Crippen LogP contribution in [0.4, 0.5) is 13.2 Å². The molecule has 134 valence electrons. The average molecular weight is 356 g/mol. The summed E-state index contributed by atoms with van der Waals surface area (Å²) in [6.45, 7) is 2.45. The molecule has 0 aliphatic carbocycles. The predicted octanol–water partition coefficient (Wildman–Crippen LogP) is 6.57. The number of ether oxygens (including phenoxy) is 1. The van der Waals surface area contributed by atoms with Crippen LogP contribution in [0.5, 0.6) is 5.75 Å². The first kappa shape index (κ1) is 18.1. The number of benzene rings is 3. The highest BCUT2D eigenvalue weighted by Crippen LogP contribution is 2.28. The van der Waals surface area contributed by atoms with Crippen LogP contribution in [-0.2, 0) is 6.42 Å². The summed E-state index contributed by atoms with van der Waals surface area (Å²) in [7, 11) is 0. The Morgan fingerprint density at radius 2 is 1.50 bits per heavy atom. The fraction of sp³-hybridized carbons (Fsp3) is 0.182. The molecule has 0 saturated carbocycles. The quantitative estimate of drug-likeness (QED) is 0.454. The van der Waals surface area contributed by atoms with Gasteiger partial charge in [-0.1, -0.05) is 48.5 Å². The Labute approximate surface area is 150 Å². The maximum atomic E-state index is 12.3. The van der Waals surface area contributed by atoms with Crippen LogP contribution in [-0.4, -0.2) is 12.8 Å². The molecule has 0 radical (unpaired) electrons. The first-order chi connectivity index (χ1) is 12.4. The van der Waals surface area contributed by atoms with Gasteiger partial charge in [0.05, 0.1) is 0 Å². The number of aryl methyl sites for hydroxylation is 1. The maximum absolute atomic E-state index is 12.3. The van der Waals surface area contributed by atoms with Gasteiger partial charge in [0.1, 0.15) is 5.75 Å². The SMILES string of the molecule is C=CCCc1ccc(-c2ccc3cc(OCC(F)(F)F)ccc3c2)cc1. The van der Waals surface area contributed by atoms with Crippen molar-refractivity contribution in [3.63, 3.8) is 0 Å². The smallest absolute Gasteiger partial charge is 0.422 e. The second-order valence-corrected chi connectivity index (χ2v) is 6.15. The van der Waals surface area contributed by atoms with E-state index in [1.165, 1.54) is 5.56 Å². The minimum absolute atomic E-state index is 0.217. The summed E-state index contributed by atoms with van der Waals surface area (Å²) in [4.78, 5) is 0. The Bertz CT molecular complexity index is 895. The van der Waals surface area contributed by atoms with Crippen molar-refractivity contribution in [3.05, 3.63) is 78.9 Å². The van der Waals surface area contributed by atoms with Crippen molar-refractivity contribution in [2.75, 3.05) is 6.61 Å². The van der Waals surface area contributed by atoms with E-state index in [0.29, 0.717) is 0 Å². The van der Waals surface area contributed by atoms with Crippen molar-refractivity contribution in [1.29, 1.82) is 0 Å². The molecule has 0 aromatic heterocycles. The van der Waals surface area contributed by atoms with E-state index in [1.54, 1.807) is 18.2 Å². The number of hydrogen-bond donors (Lipinski definition) is 0. The summed E-state index contributed by atoms with van der Waals surface area (Å²) in [6.07, 6.45) is -0.503. The zero-order chi connectivity index (χ0) is 18.6. The second-order valence-electron chi connectivity index (χ2n) is 6.15. The average Bonchev–Trinajstić information content (AvgIpc) is 2.64. The molecule has 4 heteroatoms. The van der Waals surface area contributed by atoms with Crippen molar-refractivity contribution in [3.8, 4) is 16.9 Å². The third-order valence-electron chi connectivity index (χ3n) is 4.14. The monoisotopic (exact) mass is 356 g/mol. The van der Waals surface area contributed by atoms with Crippen LogP contribution in [0, 0.1) is 0 Å². The molecule has 0 amide bonds. The molecule has 0 N–H and O–H groups in total. The minimum Gasteiger partial charge on any atom is -0.484 e. The molecule has 0 spiro atoms. The van der Waals surface area contributed by atoms with Gasteiger partial charge in [-0.3, -0.25) is 0 Å². The summed E-state index contributed by atoms with van der Waals surface area (Å²) >= 11 is 0. The lowest BCUT2D eigenvalue weighted by Crippen LogP contribution is -2.19. The van der Waals surface area contributed by atoms with Crippen LogP contribution >= 0.6 is 0 Å². The van der Waals surface area contributed by atoms with Gasteiger partial charge in [-0.25, -0.2) is 0 Å². The van der Waals surface area contributed by atoms with E-state index >= 15 is 0 Å². The molecule has 26 heavy (non-hydrogen) atoms. The summed E-state index contributed by atoms with van der Waals surface area (Å²) in [5.74, 6) is 0.217. The van der Waals surface area contributed by atoms with Crippen LogP contribution in [0.1, 0.15) is 12.0 Å². The number of hydrogen-bond acceptors (Lipinski definition) is 1. The minimum atomic E-state index is -4.34. The molecule has 0 heterocycles. The highest BCUT2D eigenvalue weighted by atomic mass is 19.4. The number of alkyl halides is 3. The largest absolute Gasteiger partial charge is 0.484 e. The van der Waals surface area contributed by atoms with Crippen molar-refractivity contribution in [2.45, 2.75) is 19.0 Å². The van der Waals surface area contributed by atoms with Crippen molar-refractivity contribution in [1.82, 2.24) is 0 Å². The van der Waals surface area contributed by atoms with Gasteiger partial charge in [0.15, 0.2) is 6.61 Å². The lowest BCUT2D eigenvalue weighted by Gasteiger charge is -2.10. The molecule has 0 saturated heterocycles. The summed E-state index contributed by atoms with van der Waals surface area (Å²) in [5, 5.41) is 1.80. The first-order valence-electron chi connectivity index (χ1n) is 8.38. The van der Waals surface area contributed by atoms with E-state index in [0.717, 1.165) is 34.7 Å². The lowest BCUT2D eigenvalue weighted by atomic mass is 9.99. The molecule has 3 rings (SSSR count). The molecular weight excluding hydrogens is 337 g/mol. The third kappa shape index (κ3) is 4.66. The molecule has 0 aliphatic rings. The summed E-state index contributed by atoms with van der Waals surface area (Å²) < 4.78 is 41.6. The summed E-state index contributed by atoms with van der Waals surface area (Å²) in [6, 6.07) is 19.3. The molecule has 3 aromatic rings. The van der Waals surface area contributed by atoms with Crippen molar-refractivity contribution >= 4 is 10.8 Å². The standard InChI is InChI=1S/C22H19F3O/c1-2-3-4-16-5-7-17(8-6-16)18-9-10-20-14-21(12-11-19(20)13-18)26-15-22(23,24)25/h2,5-14H,1,3-4,15H2. The fourth-order valence-corrected chi connectivity index (χ4v) is 2.79. The van der Waals surface area contributed by atoms with Gasteiger partial charge >= 0.3 is 6.18 Å². The van der Waals surface area contributed by atoms with Gasteiger partial charge in [0.25, 0.3) is 0 Å². The molecule has 0 unspecified atom stereocenters. The van der Waals surface area contributed by atoms with Crippen LogP contribution < -0.4 is 4.74 Å². The highest BCUT2D eigenvalue weighted by Gasteiger charge is 2.28. The topological polar surface area (TPSA) is 9.23 Å². The Hall–Kier alpha value is -2.75. The van der Waals surface area contributed by atoms with E-state index < -0.39 is 12.8 Å². The van der Waals surface area contributed by atoms with Crippen molar-refractivity contribution < 1.29 is 17.9 Å². The zero-order valence-electron chi connectivity index (χ0n) is 14.2. The number of halogens is 3. The maximum Gasteiger partial charge on any atom is 0.422 e. The van der Waals surface area contributed by atoms with E-state index in [9.17, 15) is 13.2 Å². The molecule has 0 aliphatic heterocycles. The van der Waals surface area contributed by atoms with E-state index in [4.69, 9.17) is 4.74 Å². The van der Waals surface area contributed by atoms with Gasteiger partial charge in [-0.05, 0) is 58.5 Å². The van der Waals surface area contributed by atoms with Gasteiger partial charge in [-0.15, -0.1) is 6.58 Å². The Morgan fingerprint density at radius 1 is 0.846 bits per heavy atom. The molecule has 1 nitrogen and oxygen atoms in total. The van der Waals surface area contributed by atoms with Crippen LogP contribution in [0.3, 0.4) is 0 Å². The first-order valence-corrected chi connectivity index (χ1v) is 8.38. The Kier molecular flexibility index (Phi) is 5.31. The predicted molar refractivity (Wildman–Crippen MR) is 99.5 cm³/mol. The van der Waals surface area contributed by atoms with Gasteiger partial charge in [0.2, 0.25) is 0 Å². The number of rotatable bonds is 6. The van der Waals surface area contributed by atoms with E-state index in [1.807, 2.05) is 24.3 Å². The van der Waals surface area contributed by atoms with Gasteiger partial charge in [-0.2, -0.15) is 13.2 Å². The van der Waals surface area contributed by atoms with Gasteiger partial charge < -0.3 is 4.74 Å². The van der Waals surface area contributed by atoms with Crippen molar-refractivity contribution in [2.24, 2.45) is 0 Å². The molecular formula is C22H19F3O. The molecule has 0 fully saturated rings.